The molecule has 1 fully saturated rings. The van der Waals surface area contributed by atoms with Crippen LogP contribution in [0.1, 0.15) is 130 Å². The van der Waals surface area contributed by atoms with Crippen LogP contribution in [0.5, 0.6) is 0 Å². The molecule has 0 aromatic heterocycles. The van der Waals surface area contributed by atoms with Crippen LogP contribution in [-0.4, -0.2) is 0 Å². The van der Waals surface area contributed by atoms with Crippen molar-refractivity contribution < 1.29 is 0 Å². The number of allylic oxidation sites excluding steroid dienone is 3. The van der Waals surface area contributed by atoms with Gasteiger partial charge in [0, 0.05) is 0 Å². The minimum Gasteiger partial charge on any atom is -0.100 e. The number of benzene rings is 1. The molecule has 1 aromatic carbocycles. The van der Waals surface area contributed by atoms with Crippen LogP contribution in [0.15, 0.2) is 43.0 Å². The Balaban J connectivity index is 0. The molecule has 1 aliphatic carbocycles. The van der Waals surface area contributed by atoms with E-state index in [1.54, 1.807) is 0 Å². The summed E-state index contributed by atoms with van der Waals surface area (Å²) in [4.78, 5) is 0. The molecule has 0 atom stereocenters. The number of unbranched alkanes of at least 4 members (excludes halogenated alkanes) is 1. The van der Waals surface area contributed by atoms with Crippen LogP contribution in [0.3, 0.4) is 0 Å². The molecule has 0 saturated heterocycles. The van der Waals surface area contributed by atoms with E-state index in [0.717, 1.165) is 17.9 Å². The molecule has 1 aromatic rings. The van der Waals surface area contributed by atoms with Gasteiger partial charge >= 0.3 is 0 Å². The minimum atomic E-state index is 0.968. The predicted molar refractivity (Wildman–Crippen MR) is 148 cm³/mol. The molecule has 0 heterocycles. The van der Waals surface area contributed by atoms with E-state index in [2.05, 4.69) is 85.1 Å². The quantitative estimate of drug-likeness (QED) is 0.313. The topological polar surface area (TPSA) is 0 Å². The van der Waals surface area contributed by atoms with E-state index in [4.69, 9.17) is 0 Å². The number of rotatable bonds is 6. The maximum Gasteiger partial charge on any atom is -0.0153 e. The number of aryl methyl sites for hydroxylation is 1. The lowest BCUT2D eigenvalue weighted by atomic mass is 9.94. The summed E-state index contributed by atoms with van der Waals surface area (Å²) in [5, 5.41) is 0. The SMILES string of the molecule is C=C(C)CC1CCCCCC1.C=C(C)c1cccc(CC)c1/C=C\C.CC.CCCC. The molecule has 31 heavy (non-hydrogen) atoms. The number of hydrogen-bond donors (Lipinski definition) is 0. The summed E-state index contributed by atoms with van der Waals surface area (Å²) in [5.74, 6) is 0.968. The Morgan fingerprint density at radius 2 is 1.48 bits per heavy atom. The van der Waals surface area contributed by atoms with Gasteiger partial charge in [0.05, 0.1) is 0 Å². The highest BCUT2D eigenvalue weighted by molar-refractivity contribution is 5.73. The molecule has 0 nitrogen and oxygen atoms in total. The highest BCUT2D eigenvalue weighted by Gasteiger charge is 2.11. The molecule has 178 valence electrons. The lowest BCUT2D eigenvalue weighted by Crippen LogP contribution is -1.98. The van der Waals surface area contributed by atoms with E-state index in [1.165, 1.54) is 80.1 Å². The zero-order valence-corrected chi connectivity index (χ0v) is 22.4. The van der Waals surface area contributed by atoms with Crippen molar-refractivity contribution in [3.8, 4) is 0 Å². The van der Waals surface area contributed by atoms with E-state index >= 15 is 0 Å². The average molecular weight is 427 g/mol. The third-order valence-corrected chi connectivity index (χ3v) is 5.48. The second-order valence-electron chi connectivity index (χ2n) is 8.53. The zero-order chi connectivity index (χ0) is 24.1. The Kier molecular flexibility index (Phi) is 22.1. The van der Waals surface area contributed by atoms with Gasteiger partial charge in [-0.15, -0.1) is 6.58 Å². The van der Waals surface area contributed by atoms with Crippen LogP contribution >= 0.6 is 0 Å². The molecular formula is C31H54. The van der Waals surface area contributed by atoms with Crippen LogP contribution in [-0.2, 0) is 6.42 Å². The van der Waals surface area contributed by atoms with E-state index in [1.807, 2.05) is 13.8 Å². The third-order valence-electron chi connectivity index (χ3n) is 5.48. The standard InChI is InChI=1S/C14H18.C11H20.C4H10.C2H6/c1-5-8-14-12(6-2)9-7-10-13(14)11(3)4;1-10(2)9-11-7-5-3-4-6-8-11;1-3-4-2;1-2/h5,7-10H,3,6H2,1-2,4H3;11H,1,3-9H2,2H3;3-4H2,1-2H3;1-2H3/b8-5-;;;. The average Bonchev–Trinajstić information content (AvgIpc) is 3.04. The Morgan fingerprint density at radius 1 is 0.935 bits per heavy atom. The fourth-order valence-electron chi connectivity index (χ4n) is 3.72. The predicted octanol–water partition coefficient (Wildman–Crippen LogP) is 11.1. The third kappa shape index (κ3) is 15.8. The Hall–Kier alpha value is -1.56. The fourth-order valence-corrected chi connectivity index (χ4v) is 3.72. The van der Waals surface area contributed by atoms with Crippen molar-refractivity contribution in [3.05, 3.63) is 59.7 Å². The normalized spacial score (nSPS) is 13.5. The van der Waals surface area contributed by atoms with Crippen molar-refractivity contribution >= 4 is 11.6 Å². The van der Waals surface area contributed by atoms with E-state index < -0.39 is 0 Å². The summed E-state index contributed by atoms with van der Waals surface area (Å²) in [6.07, 6.45) is 18.0. The van der Waals surface area contributed by atoms with Crippen LogP contribution in [0.25, 0.3) is 11.6 Å². The molecule has 0 N–H and O–H groups in total. The zero-order valence-electron chi connectivity index (χ0n) is 22.4. The first kappa shape index (κ1) is 31.6. The van der Waals surface area contributed by atoms with Gasteiger partial charge in [0.25, 0.3) is 0 Å². The maximum atomic E-state index is 4.01. The largest absolute Gasteiger partial charge is 0.100 e. The first-order valence-electron chi connectivity index (χ1n) is 13.0. The lowest BCUT2D eigenvalue weighted by Gasteiger charge is -2.12. The molecular weight excluding hydrogens is 372 g/mol. The van der Waals surface area contributed by atoms with Gasteiger partial charge in [-0.25, -0.2) is 0 Å². The van der Waals surface area contributed by atoms with E-state index in [-0.39, 0.29) is 0 Å². The summed E-state index contributed by atoms with van der Waals surface area (Å²) < 4.78 is 0. The molecule has 2 rings (SSSR count). The first-order valence-corrected chi connectivity index (χ1v) is 13.0. The fraction of sp³-hybridized carbons (Fsp3) is 0.613. The molecule has 1 saturated carbocycles. The summed E-state index contributed by atoms with van der Waals surface area (Å²) >= 11 is 0. The minimum absolute atomic E-state index is 0.968. The Morgan fingerprint density at radius 3 is 1.87 bits per heavy atom. The summed E-state index contributed by atoms with van der Waals surface area (Å²) in [6, 6.07) is 6.43. The van der Waals surface area contributed by atoms with Gasteiger partial charge in [0.15, 0.2) is 0 Å². The van der Waals surface area contributed by atoms with Gasteiger partial charge < -0.3 is 0 Å². The van der Waals surface area contributed by atoms with Crippen molar-refractivity contribution in [3.63, 3.8) is 0 Å². The molecule has 0 spiro atoms. The van der Waals surface area contributed by atoms with Crippen molar-refractivity contribution in [2.24, 2.45) is 5.92 Å². The van der Waals surface area contributed by atoms with Gasteiger partial charge in [0.2, 0.25) is 0 Å². The second-order valence-corrected chi connectivity index (χ2v) is 8.53. The van der Waals surface area contributed by atoms with Crippen LogP contribution < -0.4 is 0 Å². The molecule has 0 bridgehead atoms. The molecule has 0 unspecified atom stereocenters. The van der Waals surface area contributed by atoms with Crippen molar-refractivity contribution in [2.75, 3.05) is 0 Å². The smallest absolute Gasteiger partial charge is 0.0153 e. The molecule has 0 amide bonds. The monoisotopic (exact) mass is 426 g/mol. The van der Waals surface area contributed by atoms with Crippen LogP contribution in [0, 0.1) is 5.92 Å². The summed E-state index contributed by atoms with van der Waals surface area (Å²) in [7, 11) is 0. The first-order chi connectivity index (χ1) is 14.9. The highest BCUT2D eigenvalue weighted by Crippen LogP contribution is 2.27. The van der Waals surface area contributed by atoms with Gasteiger partial charge in [-0.2, -0.15) is 0 Å². The maximum absolute atomic E-state index is 4.01. The Bertz CT molecular complexity index is 592. The van der Waals surface area contributed by atoms with E-state index in [0.29, 0.717) is 0 Å². The summed E-state index contributed by atoms with van der Waals surface area (Å²) in [5.41, 5.74) is 6.49. The van der Waals surface area contributed by atoms with E-state index in [9.17, 15) is 0 Å². The van der Waals surface area contributed by atoms with Gasteiger partial charge in [-0.05, 0) is 56.2 Å². The van der Waals surface area contributed by atoms with Crippen LogP contribution in [0.2, 0.25) is 0 Å². The van der Waals surface area contributed by atoms with Gasteiger partial charge in [-0.3, -0.25) is 0 Å². The number of hydrogen-bond acceptors (Lipinski definition) is 0. The van der Waals surface area contributed by atoms with Crippen molar-refractivity contribution in [1.82, 2.24) is 0 Å². The van der Waals surface area contributed by atoms with Crippen molar-refractivity contribution in [2.45, 2.75) is 120 Å². The second kappa shape index (κ2) is 21.7. The van der Waals surface area contributed by atoms with Crippen molar-refractivity contribution in [1.29, 1.82) is 0 Å². The summed E-state index contributed by atoms with van der Waals surface area (Å²) in [6.45, 7) is 24.8. The van der Waals surface area contributed by atoms with Gasteiger partial charge in [-0.1, -0.05) is 134 Å². The molecule has 1 aliphatic rings. The van der Waals surface area contributed by atoms with Crippen LogP contribution in [0.4, 0.5) is 0 Å². The highest BCUT2D eigenvalue weighted by atomic mass is 14.2. The molecule has 0 radical (unpaired) electrons. The lowest BCUT2D eigenvalue weighted by molar-refractivity contribution is 0.457. The molecule has 0 heteroatoms. The Labute approximate surface area is 196 Å². The molecule has 0 aliphatic heterocycles. The van der Waals surface area contributed by atoms with Gasteiger partial charge in [0.1, 0.15) is 0 Å².